The minimum atomic E-state index is 0.764. The molecular formula is C21H38N4. The summed E-state index contributed by atoms with van der Waals surface area (Å²) in [6.07, 6.45) is 6.86. The largest absolute Gasteiger partial charge is 0.398 e. The molecule has 142 valence electrons. The summed E-state index contributed by atoms with van der Waals surface area (Å²) >= 11 is 0. The highest BCUT2D eigenvalue weighted by Gasteiger charge is 2.00. The second-order valence-corrected chi connectivity index (χ2v) is 5.01. The van der Waals surface area contributed by atoms with Crippen LogP contribution in [0.15, 0.2) is 50.1 Å². The maximum absolute atomic E-state index is 6.21. The van der Waals surface area contributed by atoms with Gasteiger partial charge in [0.15, 0.2) is 0 Å². The highest BCUT2D eigenvalue weighted by molar-refractivity contribution is 5.72. The number of unbranched alkanes of at least 4 members (excludes halogenated alkanes) is 1. The molecule has 4 heteroatoms. The summed E-state index contributed by atoms with van der Waals surface area (Å²) in [5.41, 5.74) is 9.56. The molecule has 0 amide bonds. The van der Waals surface area contributed by atoms with Gasteiger partial charge in [-0.3, -0.25) is 0 Å². The van der Waals surface area contributed by atoms with Crippen LogP contribution in [0.4, 0.5) is 5.69 Å². The SMILES string of the molecule is C=C(NC)c1cc(C)ccc1N.C=CC=N.C=CCCC.CCNC. The van der Waals surface area contributed by atoms with Crippen LogP contribution in [0.3, 0.4) is 0 Å². The van der Waals surface area contributed by atoms with E-state index in [2.05, 4.69) is 44.2 Å². The lowest BCUT2D eigenvalue weighted by Gasteiger charge is -2.08. The van der Waals surface area contributed by atoms with Crippen LogP contribution in [-0.4, -0.2) is 26.9 Å². The van der Waals surface area contributed by atoms with Crippen molar-refractivity contribution in [1.82, 2.24) is 10.6 Å². The van der Waals surface area contributed by atoms with E-state index in [0.717, 1.165) is 36.1 Å². The van der Waals surface area contributed by atoms with Crippen molar-refractivity contribution in [2.75, 3.05) is 26.4 Å². The van der Waals surface area contributed by atoms with E-state index in [1.54, 1.807) is 0 Å². The minimum Gasteiger partial charge on any atom is -0.398 e. The first kappa shape index (κ1) is 27.5. The van der Waals surface area contributed by atoms with Gasteiger partial charge < -0.3 is 21.8 Å². The first-order chi connectivity index (χ1) is 11.9. The minimum absolute atomic E-state index is 0.764. The average molecular weight is 347 g/mol. The highest BCUT2D eigenvalue weighted by atomic mass is 14.8. The van der Waals surface area contributed by atoms with Gasteiger partial charge in [0.25, 0.3) is 0 Å². The molecule has 0 radical (unpaired) electrons. The lowest BCUT2D eigenvalue weighted by Crippen LogP contribution is -2.05. The predicted molar refractivity (Wildman–Crippen MR) is 117 cm³/mol. The van der Waals surface area contributed by atoms with Crippen molar-refractivity contribution in [1.29, 1.82) is 5.41 Å². The zero-order chi connectivity index (χ0) is 20.1. The van der Waals surface area contributed by atoms with Gasteiger partial charge in [0.2, 0.25) is 0 Å². The highest BCUT2D eigenvalue weighted by Crippen LogP contribution is 2.18. The van der Waals surface area contributed by atoms with Crippen LogP contribution in [0.2, 0.25) is 0 Å². The summed E-state index contributed by atoms with van der Waals surface area (Å²) in [4.78, 5) is 0. The fourth-order valence-corrected chi connectivity index (χ4v) is 1.27. The van der Waals surface area contributed by atoms with Crippen molar-refractivity contribution >= 4 is 17.6 Å². The summed E-state index contributed by atoms with van der Waals surface area (Å²) in [5, 5.41) is 12.1. The van der Waals surface area contributed by atoms with Crippen LogP contribution >= 0.6 is 0 Å². The Labute approximate surface area is 155 Å². The molecule has 0 unspecified atom stereocenters. The zero-order valence-corrected chi connectivity index (χ0v) is 16.8. The van der Waals surface area contributed by atoms with E-state index in [1.807, 2.05) is 45.3 Å². The molecule has 4 nitrogen and oxygen atoms in total. The van der Waals surface area contributed by atoms with E-state index in [0.29, 0.717) is 0 Å². The van der Waals surface area contributed by atoms with E-state index in [4.69, 9.17) is 11.1 Å². The fraction of sp³-hybridized carbons (Fsp3) is 0.381. The molecular weight excluding hydrogens is 308 g/mol. The molecule has 0 aromatic heterocycles. The Hall–Kier alpha value is -2.33. The fourth-order valence-electron chi connectivity index (χ4n) is 1.27. The molecule has 0 spiro atoms. The molecule has 1 aromatic carbocycles. The van der Waals surface area contributed by atoms with Gasteiger partial charge in [0, 0.05) is 30.2 Å². The summed E-state index contributed by atoms with van der Waals surface area (Å²) in [5.74, 6) is 0. The van der Waals surface area contributed by atoms with Crippen LogP contribution in [-0.2, 0) is 0 Å². The van der Waals surface area contributed by atoms with Crippen molar-refractivity contribution in [3.05, 3.63) is 61.2 Å². The summed E-state index contributed by atoms with van der Waals surface area (Å²) in [7, 11) is 3.77. The Kier molecular flexibility index (Phi) is 23.8. The number of aryl methyl sites for hydroxylation is 1. The second kappa shape index (κ2) is 21.7. The Morgan fingerprint density at radius 1 is 1.24 bits per heavy atom. The van der Waals surface area contributed by atoms with Gasteiger partial charge in [-0.05, 0) is 39.1 Å². The topological polar surface area (TPSA) is 73.9 Å². The van der Waals surface area contributed by atoms with Gasteiger partial charge >= 0.3 is 0 Å². The second-order valence-electron chi connectivity index (χ2n) is 5.01. The first-order valence-corrected chi connectivity index (χ1v) is 8.49. The van der Waals surface area contributed by atoms with E-state index in [9.17, 15) is 0 Å². The number of benzene rings is 1. The predicted octanol–water partition coefficient (Wildman–Crippen LogP) is 4.79. The molecule has 0 saturated heterocycles. The lowest BCUT2D eigenvalue weighted by molar-refractivity contribution is 0.864. The molecule has 0 saturated carbocycles. The number of rotatable bonds is 6. The molecule has 5 N–H and O–H groups in total. The van der Waals surface area contributed by atoms with Gasteiger partial charge in [0.05, 0.1) is 0 Å². The van der Waals surface area contributed by atoms with Crippen molar-refractivity contribution in [2.45, 2.75) is 33.6 Å². The Morgan fingerprint density at radius 3 is 2.04 bits per heavy atom. The third-order valence-electron chi connectivity index (χ3n) is 2.80. The zero-order valence-electron chi connectivity index (χ0n) is 16.8. The molecule has 1 aromatic rings. The van der Waals surface area contributed by atoms with Gasteiger partial charge in [-0.25, -0.2) is 0 Å². The quantitative estimate of drug-likeness (QED) is 0.340. The summed E-state index contributed by atoms with van der Waals surface area (Å²) in [6, 6.07) is 5.91. The number of hydrogen-bond donors (Lipinski definition) is 4. The normalized spacial score (nSPS) is 8.04. The number of nitrogen functional groups attached to an aromatic ring is 1. The molecule has 0 heterocycles. The van der Waals surface area contributed by atoms with Crippen molar-refractivity contribution in [2.24, 2.45) is 0 Å². The third kappa shape index (κ3) is 19.6. The maximum Gasteiger partial charge on any atom is 0.0408 e. The molecule has 0 fully saturated rings. The van der Waals surface area contributed by atoms with Gasteiger partial charge in [-0.2, -0.15) is 0 Å². The number of allylic oxidation sites excluding steroid dienone is 2. The number of anilines is 1. The molecule has 1 rings (SSSR count). The van der Waals surface area contributed by atoms with Crippen molar-refractivity contribution in [3.8, 4) is 0 Å². The van der Waals surface area contributed by atoms with E-state index in [1.165, 1.54) is 18.1 Å². The molecule has 0 aliphatic rings. The Balaban J connectivity index is -0.000000310. The summed E-state index contributed by atoms with van der Waals surface area (Å²) in [6.45, 7) is 18.0. The van der Waals surface area contributed by atoms with Crippen LogP contribution in [0, 0.1) is 12.3 Å². The van der Waals surface area contributed by atoms with Crippen LogP contribution in [0.1, 0.15) is 37.8 Å². The summed E-state index contributed by atoms with van der Waals surface area (Å²) < 4.78 is 0. The monoisotopic (exact) mass is 346 g/mol. The molecule has 0 bridgehead atoms. The number of hydrogen-bond acceptors (Lipinski definition) is 4. The van der Waals surface area contributed by atoms with Crippen molar-refractivity contribution in [3.63, 3.8) is 0 Å². The molecule has 0 aliphatic carbocycles. The third-order valence-corrected chi connectivity index (χ3v) is 2.80. The van der Waals surface area contributed by atoms with E-state index < -0.39 is 0 Å². The smallest absolute Gasteiger partial charge is 0.0408 e. The number of nitrogens with one attached hydrogen (secondary N) is 3. The lowest BCUT2D eigenvalue weighted by atomic mass is 10.1. The Bertz CT molecular complexity index is 471. The first-order valence-electron chi connectivity index (χ1n) is 8.49. The molecule has 0 aliphatic heterocycles. The van der Waals surface area contributed by atoms with Gasteiger partial charge in [-0.15, -0.1) is 6.58 Å². The standard InChI is InChI=1S/C10H14N2.C5H10.C3H9N.C3H5N/c1-7-4-5-10(11)9(6-7)8(2)12-3;1-3-5-4-2;1-3-4-2;1-2-3-4/h4-6,12H,2,11H2,1,3H3;3H,1,4-5H2,2H3;4H,3H2,1-2H3;2-4H,1H2. The maximum atomic E-state index is 6.21. The molecule has 25 heavy (non-hydrogen) atoms. The van der Waals surface area contributed by atoms with Crippen LogP contribution in [0.5, 0.6) is 0 Å². The van der Waals surface area contributed by atoms with Crippen LogP contribution in [0.25, 0.3) is 5.70 Å². The van der Waals surface area contributed by atoms with Gasteiger partial charge in [0.1, 0.15) is 0 Å². The molecule has 0 atom stereocenters. The van der Waals surface area contributed by atoms with Crippen molar-refractivity contribution < 1.29 is 0 Å². The average Bonchev–Trinajstić information content (AvgIpc) is 2.64. The Morgan fingerprint density at radius 2 is 1.76 bits per heavy atom. The number of nitrogens with two attached hydrogens (primary N) is 1. The van der Waals surface area contributed by atoms with Crippen LogP contribution < -0.4 is 16.4 Å². The van der Waals surface area contributed by atoms with E-state index >= 15 is 0 Å². The van der Waals surface area contributed by atoms with Gasteiger partial charge in [-0.1, -0.05) is 57.2 Å². The van der Waals surface area contributed by atoms with E-state index in [-0.39, 0.29) is 0 Å².